The minimum absolute atomic E-state index is 0.148. The highest BCUT2D eigenvalue weighted by Gasteiger charge is 2.14. The van der Waals surface area contributed by atoms with E-state index in [1.807, 2.05) is 6.07 Å². The van der Waals surface area contributed by atoms with Crippen molar-refractivity contribution in [2.24, 2.45) is 5.92 Å². The second kappa shape index (κ2) is 7.44. The van der Waals surface area contributed by atoms with Crippen molar-refractivity contribution in [1.82, 2.24) is 5.32 Å². The molecule has 0 radical (unpaired) electrons. The molecule has 2 rings (SSSR count). The second-order valence-corrected chi connectivity index (χ2v) is 5.78. The molecule has 1 aromatic rings. The van der Waals surface area contributed by atoms with Crippen LogP contribution in [0.15, 0.2) is 18.2 Å². The zero-order valence-corrected chi connectivity index (χ0v) is 12.7. The van der Waals surface area contributed by atoms with Gasteiger partial charge in [0.2, 0.25) is 5.91 Å². The van der Waals surface area contributed by atoms with Crippen LogP contribution >= 0.6 is 0 Å². The lowest BCUT2D eigenvalue weighted by atomic mass is 9.93. The number of anilines is 1. The van der Waals surface area contributed by atoms with E-state index in [1.165, 1.54) is 24.0 Å². The molecule has 0 spiro atoms. The summed E-state index contributed by atoms with van der Waals surface area (Å²) in [6, 6.07) is 6.18. The van der Waals surface area contributed by atoms with E-state index in [0.717, 1.165) is 31.6 Å². The van der Waals surface area contributed by atoms with Gasteiger partial charge >= 0.3 is 0 Å². The number of piperidine rings is 1. The topological polar surface area (TPSA) is 41.1 Å². The highest BCUT2D eigenvalue weighted by molar-refractivity contribution is 5.90. The molecule has 0 atom stereocenters. The van der Waals surface area contributed by atoms with Crippen LogP contribution in [0, 0.1) is 12.8 Å². The molecule has 1 aliphatic rings. The van der Waals surface area contributed by atoms with Gasteiger partial charge in [-0.05, 0) is 74.9 Å². The zero-order valence-electron chi connectivity index (χ0n) is 12.7. The summed E-state index contributed by atoms with van der Waals surface area (Å²) in [6.45, 7) is 6.46. The van der Waals surface area contributed by atoms with E-state index in [0.29, 0.717) is 12.3 Å². The van der Waals surface area contributed by atoms with Crippen molar-refractivity contribution in [2.45, 2.75) is 46.0 Å². The first-order valence-corrected chi connectivity index (χ1v) is 7.79. The molecule has 1 aliphatic heterocycles. The Kier molecular flexibility index (Phi) is 5.60. The first-order chi connectivity index (χ1) is 9.69. The maximum atomic E-state index is 12.0. The Bertz CT molecular complexity index is 450. The maximum absolute atomic E-state index is 12.0. The summed E-state index contributed by atoms with van der Waals surface area (Å²) in [5.41, 5.74) is 3.53. The molecule has 0 aliphatic carbocycles. The minimum Gasteiger partial charge on any atom is -0.326 e. The zero-order chi connectivity index (χ0) is 14.4. The summed E-state index contributed by atoms with van der Waals surface area (Å²) in [5, 5.41) is 6.39. The number of hydrogen-bond donors (Lipinski definition) is 2. The van der Waals surface area contributed by atoms with Crippen LogP contribution in [-0.2, 0) is 11.2 Å². The smallest absolute Gasteiger partial charge is 0.224 e. The molecule has 20 heavy (non-hydrogen) atoms. The fraction of sp³-hybridized carbons (Fsp3) is 0.588. The monoisotopic (exact) mass is 274 g/mol. The molecule has 1 heterocycles. The standard InChI is InChI=1S/C17H26N2O/c1-3-15-12-16(6-4-13(15)2)19-17(20)7-5-14-8-10-18-11-9-14/h4,6,12,14,18H,3,5,7-11H2,1-2H3,(H,19,20). The number of amides is 1. The summed E-state index contributed by atoms with van der Waals surface area (Å²) in [5.74, 6) is 0.862. The van der Waals surface area contributed by atoms with Gasteiger partial charge in [0, 0.05) is 12.1 Å². The number of hydrogen-bond acceptors (Lipinski definition) is 2. The number of benzene rings is 1. The lowest BCUT2D eigenvalue weighted by molar-refractivity contribution is -0.116. The van der Waals surface area contributed by atoms with Crippen molar-refractivity contribution in [3.05, 3.63) is 29.3 Å². The lowest BCUT2D eigenvalue weighted by Gasteiger charge is -2.22. The van der Waals surface area contributed by atoms with Crippen molar-refractivity contribution in [3.63, 3.8) is 0 Å². The van der Waals surface area contributed by atoms with Gasteiger partial charge in [0.05, 0.1) is 0 Å². The average molecular weight is 274 g/mol. The van der Waals surface area contributed by atoms with E-state index in [-0.39, 0.29) is 5.91 Å². The molecular formula is C17H26N2O. The third-order valence-corrected chi connectivity index (χ3v) is 4.25. The SMILES string of the molecule is CCc1cc(NC(=O)CCC2CCNCC2)ccc1C. The van der Waals surface area contributed by atoms with E-state index in [4.69, 9.17) is 0 Å². The van der Waals surface area contributed by atoms with Crippen molar-refractivity contribution >= 4 is 11.6 Å². The van der Waals surface area contributed by atoms with Crippen LogP contribution in [0.25, 0.3) is 0 Å². The number of rotatable bonds is 5. The summed E-state index contributed by atoms with van der Waals surface area (Å²) >= 11 is 0. The number of carbonyl (C=O) groups excluding carboxylic acids is 1. The van der Waals surface area contributed by atoms with Crippen molar-refractivity contribution < 1.29 is 4.79 Å². The van der Waals surface area contributed by atoms with Crippen LogP contribution in [0.2, 0.25) is 0 Å². The predicted octanol–water partition coefficient (Wildman–Crippen LogP) is 3.28. The maximum Gasteiger partial charge on any atom is 0.224 e. The Balaban J connectivity index is 1.81. The number of nitrogens with one attached hydrogen (secondary N) is 2. The van der Waals surface area contributed by atoms with Crippen LogP contribution in [0.3, 0.4) is 0 Å². The highest BCUT2D eigenvalue weighted by atomic mass is 16.1. The molecule has 0 unspecified atom stereocenters. The second-order valence-electron chi connectivity index (χ2n) is 5.78. The summed E-state index contributed by atoms with van der Waals surface area (Å²) in [7, 11) is 0. The normalized spacial score (nSPS) is 16.1. The molecular weight excluding hydrogens is 248 g/mol. The molecule has 1 aromatic carbocycles. The molecule has 110 valence electrons. The molecule has 1 amide bonds. The molecule has 1 fully saturated rings. The van der Waals surface area contributed by atoms with Gasteiger partial charge in [0.1, 0.15) is 0 Å². The summed E-state index contributed by atoms with van der Waals surface area (Å²) < 4.78 is 0. The van der Waals surface area contributed by atoms with Crippen LogP contribution in [0.4, 0.5) is 5.69 Å². The molecule has 2 N–H and O–H groups in total. The quantitative estimate of drug-likeness (QED) is 0.865. The average Bonchev–Trinajstić information content (AvgIpc) is 2.48. The van der Waals surface area contributed by atoms with E-state index < -0.39 is 0 Å². The van der Waals surface area contributed by atoms with E-state index in [2.05, 4.69) is 36.6 Å². The molecule has 0 saturated carbocycles. The van der Waals surface area contributed by atoms with Crippen LogP contribution in [-0.4, -0.2) is 19.0 Å². The van der Waals surface area contributed by atoms with Crippen LogP contribution in [0.1, 0.15) is 43.7 Å². The highest BCUT2D eigenvalue weighted by Crippen LogP contribution is 2.19. The molecule has 1 saturated heterocycles. The van der Waals surface area contributed by atoms with Gasteiger partial charge in [-0.1, -0.05) is 13.0 Å². The van der Waals surface area contributed by atoms with Gasteiger partial charge in [-0.3, -0.25) is 4.79 Å². The molecule has 0 aromatic heterocycles. The predicted molar refractivity (Wildman–Crippen MR) is 84.0 cm³/mol. The largest absolute Gasteiger partial charge is 0.326 e. The summed E-state index contributed by atoms with van der Waals surface area (Å²) in [6.07, 6.45) is 5.07. The number of carbonyl (C=O) groups is 1. The Hall–Kier alpha value is -1.35. The van der Waals surface area contributed by atoms with E-state index in [9.17, 15) is 4.79 Å². The summed E-state index contributed by atoms with van der Waals surface area (Å²) in [4.78, 5) is 12.0. The molecule has 0 bridgehead atoms. The van der Waals surface area contributed by atoms with Gasteiger partial charge in [-0.2, -0.15) is 0 Å². The van der Waals surface area contributed by atoms with Gasteiger partial charge in [0.25, 0.3) is 0 Å². The fourth-order valence-electron chi connectivity index (χ4n) is 2.86. The number of aryl methyl sites for hydroxylation is 2. The van der Waals surface area contributed by atoms with E-state index in [1.54, 1.807) is 0 Å². The Labute approximate surface area is 122 Å². The van der Waals surface area contributed by atoms with Crippen LogP contribution in [0.5, 0.6) is 0 Å². The van der Waals surface area contributed by atoms with Crippen molar-refractivity contribution in [3.8, 4) is 0 Å². The van der Waals surface area contributed by atoms with Crippen molar-refractivity contribution in [2.75, 3.05) is 18.4 Å². The first-order valence-electron chi connectivity index (χ1n) is 7.79. The van der Waals surface area contributed by atoms with Crippen LogP contribution < -0.4 is 10.6 Å². The van der Waals surface area contributed by atoms with Gasteiger partial charge in [-0.15, -0.1) is 0 Å². The van der Waals surface area contributed by atoms with Crippen molar-refractivity contribution in [1.29, 1.82) is 0 Å². The third-order valence-electron chi connectivity index (χ3n) is 4.25. The Morgan fingerprint density at radius 3 is 2.80 bits per heavy atom. The van der Waals surface area contributed by atoms with Gasteiger partial charge in [-0.25, -0.2) is 0 Å². The first kappa shape index (κ1) is 15.0. The van der Waals surface area contributed by atoms with Gasteiger partial charge in [0.15, 0.2) is 0 Å². The molecule has 3 heteroatoms. The fourth-order valence-corrected chi connectivity index (χ4v) is 2.86. The Morgan fingerprint density at radius 1 is 1.35 bits per heavy atom. The minimum atomic E-state index is 0.148. The molecule has 3 nitrogen and oxygen atoms in total. The lowest BCUT2D eigenvalue weighted by Crippen LogP contribution is -2.28. The van der Waals surface area contributed by atoms with E-state index >= 15 is 0 Å². The van der Waals surface area contributed by atoms with Gasteiger partial charge < -0.3 is 10.6 Å². The third kappa shape index (κ3) is 4.34. The Morgan fingerprint density at radius 2 is 2.10 bits per heavy atom.